The summed E-state index contributed by atoms with van der Waals surface area (Å²) in [5, 5.41) is 3.47. The third-order valence-electron chi connectivity index (χ3n) is 3.92. The number of hydrogen-bond acceptors (Lipinski definition) is 2. The summed E-state index contributed by atoms with van der Waals surface area (Å²) >= 11 is 0. The Bertz CT molecular complexity index is 158. The van der Waals surface area contributed by atoms with Crippen molar-refractivity contribution < 1.29 is 0 Å². The Morgan fingerprint density at radius 2 is 1.86 bits per heavy atom. The van der Waals surface area contributed by atoms with Crippen molar-refractivity contribution in [3.8, 4) is 0 Å². The van der Waals surface area contributed by atoms with E-state index in [1.165, 1.54) is 51.7 Å². The number of likely N-dealkylation sites (tertiary alicyclic amines) is 1. The van der Waals surface area contributed by atoms with Gasteiger partial charge in [-0.15, -0.1) is 0 Å². The minimum absolute atomic E-state index is 0.950. The fourth-order valence-electron chi connectivity index (χ4n) is 2.62. The van der Waals surface area contributed by atoms with Crippen LogP contribution in [0.15, 0.2) is 0 Å². The summed E-state index contributed by atoms with van der Waals surface area (Å²) in [5.74, 6) is 0.950. The molecule has 0 aromatic carbocycles. The molecule has 2 heteroatoms. The summed E-state index contributed by atoms with van der Waals surface area (Å²) in [6.07, 6.45) is 7.25. The van der Waals surface area contributed by atoms with Gasteiger partial charge in [-0.3, -0.25) is 0 Å². The zero-order chi connectivity index (χ0) is 9.80. The number of hydrogen-bond donors (Lipinski definition) is 1. The lowest BCUT2D eigenvalue weighted by atomic mass is 9.88. The summed E-state index contributed by atoms with van der Waals surface area (Å²) in [5.41, 5.74) is 0. The monoisotopic (exact) mass is 196 g/mol. The first-order chi connectivity index (χ1) is 6.90. The molecule has 1 aliphatic heterocycles. The molecule has 0 spiro atoms. The molecule has 1 aliphatic carbocycles. The molecule has 1 heterocycles. The topological polar surface area (TPSA) is 15.3 Å². The van der Waals surface area contributed by atoms with Gasteiger partial charge in [0.1, 0.15) is 0 Å². The van der Waals surface area contributed by atoms with E-state index in [-0.39, 0.29) is 0 Å². The smallest absolute Gasteiger partial charge is 0.00952 e. The van der Waals surface area contributed by atoms with E-state index in [9.17, 15) is 0 Å². The van der Waals surface area contributed by atoms with Crippen molar-refractivity contribution >= 4 is 0 Å². The minimum Gasteiger partial charge on any atom is -0.317 e. The maximum atomic E-state index is 3.47. The molecule has 0 bridgehead atoms. The number of rotatable bonds is 4. The van der Waals surface area contributed by atoms with Gasteiger partial charge < -0.3 is 10.2 Å². The van der Waals surface area contributed by atoms with Gasteiger partial charge in [-0.1, -0.05) is 13.3 Å². The van der Waals surface area contributed by atoms with Crippen LogP contribution in [0.4, 0.5) is 0 Å². The molecule has 2 rings (SSSR count). The average molecular weight is 196 g/mol. The molecule has 0 unspecified atom stereocenters. The highest BCUT2D eigenvalue weighted by Gasteiger charge is 2.28. The van der Waals surface area contributed by atoms with Gasteiger partial charge in [0.05, 0.1) is 0 Å². The summed E-state index contributed by atoms with van der Waals surface area (Å²) in [4.78, 5) is 2.73. The SMILES string of the molecule is CCNCC1CCN(C2CCC2)CC1. The minimum atomic E-state index is 0.950. The van der Waals surface area contributed by atoms with Gasteiger partial charge >= 0.3 is 0 Å². The van der Waals surface area contributed by atoms with Crippen LogP contribution in [0, 0.1) is 5.92 Å². The molecule has 0 atom stereocenters. The zero-order valence-electron chi connectivity index (χ0n) is 9.47. The van der Waals surface area contributed by atoms with Crippen LogP contribution in [0.25, 0.3) is 0 Å². The quantitative estimate of drug-likeness (QED) is 0.738. The molecule has 2 fully saturated rings. The van der Waals surface area contributed by atoms with Crippen LogP contribution >= 0.6 is 0 Å². The van der Waals surface area contributed by atoms with E-state index in [0.29, 0.717) is 0 Å². The van der Waals surface area contributed by atoms with Gasteiger partial charge in [0.2, 0.25) is 0 Å². The van der Waals surface area contributed by atoms with Crippen molar-refractivity contribution in [1.82, 2.24) is 10.2 Å². The molecule has 1 saturated carbocycles. The van der Waals surface area contributed by atoms with E-state index >= 15 is 0 Å². The Balaban J connectivity index is 1.64. The number of nitrogens with zero attached hydrogens (tertiary/aromatic N) is 1. The highest BCUT2D eigenvalue weighted by atomic mass is 15.2. The lowest BCUT2D eigenvalue weighted by Crippen LogP contribution is -2.46. The van der Waals surface area contributed by atoms with Crippen molar-refractivity contribution in [3.63, 3.8) is 0 Å². The molecule has 1 N–H and O–H groups in total. The molecule has 2 nitrogen and oxygen atoms in total. The zero-order valence-corrected chi connectivity index (χ0v) is 9.47. The molecule has 0 aromatic heterocycles. The van der Waals surface area contributed by atoms with Crippen LogP contribution in [-0.4, -0.2) is 37.1 Å². The highest BCUT2D eigenvalue weighted by molar-refractivity contribution is 4.84. The number of piperidine rings is 1. The van der Waals surface area contributed by atoms with Crippen molar-refractivity contribution in [2.24, 2.45) is 5.92 Å². The molecule has 0 aromatic rings. The van der Waals surface area contributed by atoms with Gasteiger partial charge in [0, 0.05) is 6.04 Å². The lowest BCUT2D eigenvalue weighted by molar-refractivity contribution is 0.0845. The molecule has 14 heavy (non-hydrogen) atoms. The normalized spacial score (nSPS) is 26.4. The Hall–Kier alpha value is -0.0800. The maximum absolute atomic E-state index is 3.47. The molecule has 1 saturated heterocycles. The van der Waals surface area contributed by atoms with Gasteiger partial charge in [0.25, 0.3) is 0 Å². The third-order valence-corrected chi connectivity index (χ3v) is 3.92. The van der Waals surface area contributed by atoms with E-state index in [2.05, 4.69) is 17.1 Å². The van der Waals surface area contributed by atoms with Gasteiger partial charge in [-0.2, -0.15) is 0 Å². The maximum Gasteiger partial charge on any atom is 0.00952 e. The number of nitrogens with one attached hydrogen (secondary N) is 1. The second-order valence-electron chi connectivity index (χ2n) is 4.87. The Morgan fingerprint density at radius 3 is 2.36 bits per heavy atom. The van der Waals surface area contributed by atoms with E-state index in [1.54, 1.807) is 0 Å². The van der Waals surface area contributed by atoms with Gasteiger partial charge in [-0.05, 0) is 57.8 Å². The van der Waals surface area contributed by atoms with E-state index in [0.717, 1.165) is 18.5 Å². The fourth-order valence-corrected chi connectivity index (χ4v) is 2.62. The third kappa shape index (κ3) is 2.48. The predicted molar refractivity (Wildman–Crippen MR) is 60.5 cm³/mol. The van der Waals surface area contributed by atoms with E-state index in [1.807, 2.05) is 0 Å². The van der Waals surface area contributed by atoms with Crippen LogP contribution < -0.4 is 5.32 Å². The van der Waals surface area contributed by atoms with Gasteiger partial charge in [-0.25, -0.2) is 0 Å². The summed E-state index contributed by atoms with van der Waals surface area (Å²) in [6, 6.07) is 0.968. The van der Waals surface area contributed by atoms with Crippen LogP contribution in [0.5, 0.6) is 0 Å². The first kappa shape index (κ1) is 10.4. The standard InChI is InChI=1S/C12H24N2/c1-2-13-10-11-6-8-14(9-7-11)12-4-3-5-12/h11-13H,2-10H2,1H3. The van der Waals surface area contributed by atoms with Crippen LogP contribution in [0.2, 0.25) is 0 Å². The second kappa shape index (κ2) is 5.13. The van der Waals surface area contributed by atoms with Crippen molar-refractivity contribution in [3.05, 3.63) is 0 Å². The summed E-state index contributed by atoms with van der Waals surface area (Å²) in [7, 11) is 0. The second-order valence-corrected chi connectivity index (χ2v) is 4.87. The van der Waals surface area contributed by atoms with Crippen LogP contribution in [0.1, 0.15) is 39.0 Å². The average Bonchev–Trinajstić information content (AvgIpc) is 2.14. The van der Waals surface area contributed by atoms with Crippen LogP contribution in [-0.2, 0) is 0 Å². The molecular weight excluding hydrogens is 172 g/mol. The largest absolute Gasteiger partial charge is 0.317 e. The first-order valence-electron chi connectivity index (χ1n) is 6.35. The summed E-state index contributed by atoms with van der Waals surface area (Å²) < 4.78 is 0. The van der Waals surface area contributed by atoms with Crippen LogP contribution in [0.3, 0.4) is 0 Å². The molecule has 82 valence electrons. The van der Waals surface area contributed by atoms with Crippen molar-refractivity contribution in [1.29, 1.82) is 0 Å². The lowest BCUT2D eigenvalue weighted by Gasteiger charge is -2.41. The molecule has 0 amide bonds. The molecule has 0 radical (unpaired) electrons. The highest BCUT2D eigenvalue weighted by Crippen LogP contribution is 2.28. The summed E-state index contributed by atoms with van der Waals surface area (Å²) in [6.45, 7) is 7.29. The van der Waals surface area contributed by atoms with Gasteiger partial charge in [0.15, 0.2) is 0 Å². The van der Waals surface area contributed by atoms with Crippen molar-refractivity contribution in [2.75, 3.05) is 26.2 Å². The van der Waals surface area contributed by atoms with Crippen molar-refractivity contribution in [2.45, 2.75) is 45.1 Å². The molecular formula is C12H24N2. The fraction of sp³-hybridized carbons (Fsp3) is 1.00. The Morgan fingerprint density at radius 1 is 1.14 bits per heavy atom. The Labute approximate surface area is 88.1 Å². The Kier molecular flexibility index (Phi) is 3.82. The first-order valence-corrected chi connectivity index (χ1v) is 6.35. The van der Waals surface area contributed by atoms with E-state index in [4.69, 9.17) is 0 Å². The predicted octanol–water partition coefficient (Wildman–Crippen LogP) is 1.86. The molecule has 2 aliphatic rings. The van der Waals surface area contributed by atoms with E-state index < -0.39 is 0 Å².